The van der Waals surface area contributed by atoms with E-state index < -0.39 is 10.0 Å². The second-order valence-electron chi connectivity index (χ2n) is 6.42. The maximum Gasteiger partial charge on any atom is 0.262 e. The highest BCUT2D eigenvalue weighted by Gasteiger charge is 2.19. The summed E-state index contributed by atoms with van der Waals surface area (Å²) in [5, 5.41) is 0. The molecular weight excluding hydrogens is 364 g/mol. The highest BCUT2D eigenvalue weighted by Crippen LogP contribution is 2.28. The predicted molar refractivity (Wildman–Crippen MR) is 107 cm³/mol. The fourth-order valence-corrected chi connectivity index (χ4v) is 3.73. The van der Waals surface area contributed by atoms with E-state index >= 15 is 0 Å². The predicted octanol–water partition coefficient (Wildman–Crippen LogP) is 3.68. The number of anilines is 1. The van der Waals surface area contributed by atoms with E-state index in [0.717, 1.165) is 18.4 Å². The normalized spacial score (nSPS) is 11.1. The van der Waals surface area contributed by atoms with Gasteiger partial charge in [0, 0.05) is 19.2 Å². The van der Waals surface area contributed by atoms with Crippen molar-refractivity contribution in [1.29, 1.82) is 0 Å². The minimum absolute atomic E-state index is 0.0285. The van der Waals surface area contributed by atoms with E-state index in [-0.39, 0.29) is 10.8 Å². The zero-order valence-electron chi connectivity index (χ0n) is 16.2. The van der Waals surface area contributed by atoms with E-state index in [1.54, 1.807) is 36.2 Å². The number of rotatable bonds is 8. The van der Waals surface area contributed by atoms with E-state index in [9.17, 15) is 13.2 Å². The molecule has 2 aromatic rings. The van der Waals surface area contributed by atoms with E-state index in [1.807, 2.05) is 13.0 Å². The monoisotopic (exact) mass is 390 g/mol. The second-order valence-corrected chi connectivity index (χ2v) is 8.10. The molecule has 0 aliphatic rings. The van der Waals surface area contributed by atoms with Crippen LogP contribution in [0.5, 0.6) is 5.75 Å². The number of sulfonamides is 1. The average molecular weight is 391 g/mol. The van der Waals surface area contributed by atoms with Gasteiger partial charge in [-0.2, -0.15) is 0 Å². The zero-order valence-corrected chi connectivity index (χ0v) is 17.0. The Morgan fingerprint density at radius 2 is 1.93 bits per heavy atom. The van der Waals surface area contributed by atoms with Crippen molar-refractivity contribution in [2.45, 2.75) is 31.6 Å². The molecule has 0 saturated heterocycles. The first-order valence-electron chi connectivity index (χ1n) is 8.81. The van der Waals surface area contributed by atoms with Crippen molar-refractivity contribution >= 4 is 21.6 Å². The molecule has 0 unspecified atom stereocenters. The highest BCUT2D eigenvalue weighted by atomic mass is 32.2. The van der Waals surface area contributed by atoms with Crippen LogP contribution in [-0.4, -0.2) is 39.9 Å². The van der Waals surface area contributed by atoms with E-state index in [0.29, 0.717) is 23.5 Å². The first-order valence-corrected chi connectivity index (χ1v) is 10.3. The molecule has 2 rings (SSSR count). The van der Waals surface area contributed by atoms with Crippen molar-refractivity contribution in [3.05, 3.63) is 53.6 Å². The van der Waals surface area contributed by atoms with Crippen molar-refractivity contribution in [1.82, 2.24) is 4.90 Å². The molecule has 0 aromatic heterocycles. The van der Waals surface area contributed by atoms with Crippen LogP contribution in [0, 0.1) is 6.92 Å². The van der Waals surface area contributed by atoms with E-state index in [4.69, 9.17) is 4.74 Å². The van der Waals surface area contributed by atoms with E-state index in [1.165, 1.54) is 19.2 Å². The number of nitrogens with one attached hydrogen (secondary N) is 1. The Kier molecular flexibility index (Phi) is 6.85. The van der Waals surface area contributed by atoms with Crippen LogP contribution in [0.25, 0.3) is 0 Å². The van der Waals surface area contributed by atoms with Crippen molar-refractivity contribution in [2.75, 3.05) is 25.4 Å². The van der Waals surface area contributed by atoms with Crippen LogP contribution >= 0.6 is 0 Å². The van der Waals surface area contributed by atoms with Gasteiger partial charge in [0.05, 0.1) is 17.7 Å². The van der Waals surface area contributed by atoms with Gasteiger partial charge in [-0.15, -0.1) is 0 Å². The van der Waals surface area contributed by atoms with Gasteiger partial charge in [-0.3, -0.25) is 9.52 Å². The lowest BCUT2D eigenvalue weighted by molar-refractivity contribution is 0.0793. The summed E-state index contributed by atoms with van der Waals surface area (Å²) in [6.07, 6.45) is 1.88. The minimum Gasteiger partial charge on any atom is -0.495 e. The lowest BCUT2D eigenvalue weighted by atomic mass is 10.2. The number of carbonyl (C=O) groups is 1. The van der Waals surface area contributed by atoms with Gasteiger partial charge in [-0.25, -0.2) is 8.42 Å². The third kappa shape index (κ3) is 5.23. The maximum absolute atomic E-state index is 12.8. The number of methoxy groups -OCH3 is 1. The summed E-state index contributed by atoms with van der Waals surface area (Å²) in [6, 6.07) is 11.3. The number of hydrogen-bond acceptors (Lipinski definition) is 4. The van der Waals surface area contributed by atoms with Gasteiger partial charge >= 0.3 is 0 Å². The number of benzene rings is 2. The summed E-state index contributed by atoms with van der Waals surface area (Å²) in [7, 11) is -0.665. The Labute approximate surface area is 161 Å². The molecule has 0 aliphatic carbocycles. The molecule has 0 heterocycles. The molecule has 0 radical (unpaired) electrons. The minimum atomic E-state index is -3.86. The quantitative estimate of drug-likeness (QED) is 0.746. The zero-order chi connectivity index (χ0) is 20.0. The fraction of sp³-hybridized carbons (Fsp3) is 0.350. The van der Waals surface area contributed by atoms with Crippen LogP contribution in [0.2, 0.25) is 0 Å². The molecule has 0 spiro atoms. The van der Waals surface area contributed by atoms with Crippen LogP contribution in [0.1, 0.15) is 35.7 Å². The number of aryl methyl sites for hydroxylation is 1. The molecule has 1 N–H and O–H groups in total. The van der Waals surface area contributed by atoms with Crippen LogP contribution in [-0.2, 0) is 10.0 Å². The Hall–Kier alpha value is -2.54. The molecule has 2 aromatic carbocycles. The summed E-state index contributed by atoms with van der Waals surface area (Å²) >= 11 is 0. The molecule has 0 fully saturated rings. The van der Waals surface area contributed by atoms with Crippen LogP contribution in [0.15, 0.2) is 47.4 Å². The number of carbonyl (C=O) groups excluding carboxylic acids is 1. The van der Waals surface area contributed by atoms with Gasteiger partial charge in [-0.1, -0.05) is 25.5 Å². The van der Waals surface area contributed by atoms with Crippen LogP contribution < -0.4 is 9.46 Å². The Bertz CT molecular complexity index is 910. The summed E-state index contributed by atoms with van der Waals surface area (Å²) in [4.78, 5) is 14.2. The van der Waals surface area contributed by atoms with E-state index in [2.05, 4.69) is 11.6 Å². The summed E-state index contributed by atoms with van der Waals surface area (Å²) in [5.74, 6) is 0.226. The standard InChI is InChI=1S/C20H26N2O4S/c1-5-6-12-22(3)20(23)16-8-7-9-17(14-16)27(24,25)21-18-13-15(2)10-11-19(18)26-4/h7-11,13-14,21H,5-6,12H2,1-4H3. The SMILES string of the molecule is CCCCN(C)C(=O)c1cccc(S(=O)(=O)Nc2cc(C)ccc2OC)c1. The molecule has 146 valence electrons. The Morgan fingerprint density at radius 1 is 1.19 bits per heavy atom. The lowest BCUT2D eigenvalue weighted by Gasteiger charge is -2.17. The average Bonchev–Trinajstić information content (AvgIpc) is 2.65. The fourth-order valence-electron chi connectivity index (χ4n) is 2.62. The molecule has 1 amide bonds. The van der Waals surface area contributed by atoms with Gasteiger partial charge in [0.25, 0.3) is 15.9 Å². The van der Waals surface area contributed by atoms with Crippen LogP contribution in [0.4, 0.5) is 5.69 Å². The molecule has 6 nitrogen and oxygen atoms in total. The topological polar surface area (TPSA) is 75.7 Å². The number of ether oxygens (including phenoxy) is 1. The lowest BCUT2D eigenvalue weighted by Crippen LogP contribution is -2.28. The molecule has 0 bridgehead atoms. The number of nitrogens with zero attached hydrogens (tertiary/aromatic N) is 1. The summed E-state index contributed by atoms with van der Waals surface area (Å²) in [6.45, 7) is 4.55. The number of hydrogen-bond donors (Lipinski definition) is 1. The van der Waals surface area contributed by atoms with Crippen LogP contribution in [0.3, 0.4) is 0 Å². The smallest absolute Gasteiger partial charge is 0.262 e. The van der Waals surface area contributed by atoms with Gasteiger partial charge in [0.2, 0.25) is 0 Å². The van der Waals surface area contributed by atoms with Gasteiger partial charge in [0.1, 0.15) is 5.75 Å². The van der Waals surface area contributed by atoms with Gasteiger partial charge in [0.15, 0.2) is 0 Å². The highest BCUT2D eigenvalue weighted by molar-refractivity contribution is 7.92. The Morgan fingerprint density at radius 3 is 2.59 bits per heavy atom. The number of unbranched alkanes of at least 4 members (excludes halogenated alkanes) is 1. The Balaban J connectivity index is 2.30. The third-order valence-electron chi connectivity index (χ3n) is 4.18. The first-order chi connectivity index (χ1) is 12.8. The van der Waals surface area contributed by atoms with Gasteiger partial charge < -0.3 is 9.64 Å². The molecular formula is C20H26N2O4S. The molecule has 0 atom stereocenters. The van der Waals surface area contributed by atoms with Crippen molar-refractivity contribution in [2.24, 2.45) is 0 Å². The number of amides is 1. The molecule has 27 heavy (non-hydrogen) atoms. The van der Waals surface area contributed by atoms with Crippen molar-refractivity contribution < 1.29 is 17.9 Å². The van der Waals surface area contributed by atoms with Crippen molar-refractivity contribution in [3.63, 3.8) is 0 Å². The molecule has 7 heteroatoms. The summed E-state index contributed by atoms with van der Waals surface area (Å²) < 4.78 is 33.4. The van der Waals surface area contributed by atoms with Crippen molar-refractivity contribution in [3.8, 4) is 5.75 Å². The third-order valence-corrected chi connectivity index (χ3v) is 5.55. The molecule has 0 saturated carbocycles. The molecule has 0 aliphatic heterocycles. The first kappa shape index (κ1) is 20.8. The largest absolute Gasteiger partial charge is 0.495 e. The van der Waals surface area contributed by atoms with Gasteiger partial charge in [-0.05, 0) is 49.2 Å². The maximum atomic E-state index is 12.8. The summed E-state index contributed by atoms with van der Waals surface area (Å²) in [5.41, 5.74) is 1.59. The second kappa shape index (κ2) is 8.90.